The highest BCUT2D eigenvalue weighted by molar-refractivity contribution is 9.10. The zero-order valence-electron chi connectivity index (χ0n) is 18.4. The van der Waals surface area contributed by atoms with Gasteiger partial charge in [-0.2, -0.15) is 0 Å². The van der Waals surface area contributed by atoms with Gasteiger partial charge in [-0.1, -0.05) is 6.07 Å². The van der Waals surface area contributed by atoms with Crippen molar-refractivity contribution in [3.05, 3.63) is 76.5 Å². The van der Waals surface area contributed by atoms with Crippen LogP contribution in [0.4, 0.5) is 5.69 Å². The summed E-state index contributed by atoms with van der Waals surface area (Å²) in [6, 6.07) is 12.1. The minimum absolute atomic E-state index is 0.0257. The average molecular weight is 603 g/mol. The number of benzene rings is 2. The smallest absolute Gasteiger partial charge is 0.263 e. The van der Waals surface area contributed by atoms with E-state index in [9.17, 15) is 30.0 Å². The van der Waals surface area contributed by atoms with Gasteiger partial charge in [-0.3, -0.25) is 14.5 Å². The van der Waals surface area contributed by atoms with Crippen molar-refractivity contribution in [3.8, 4) is 0 Å². The third-order valence-corrected chi connectivity index (χ3v) is 9.29. The number of carbonyl (C=O) groups is 1. The summed E-state index contributed by atoms with van der Waals surface area (Å²) in [5.74, 6) is -0.560. The van der Waals surface area contributed by atoms with Crippen LogP contribution in [0.5, 0.6) is 0 Å². The summed E-state index contributed by atoms with van der Waals surface area (Å²) in [4.78, 5) is 15.6. The van der Waals surface area contributed by atoms with E-state index >= 15 is 0 Å². The van der Waals surface area contributed by atoms with Crippen LogP contribution in [0.3, 0.4) is 0 Å². The van der Waals surface area contributed by atoms with E-state index in [-0.39, 0.29) is 26.4 Å². The van der Waals surface area contributed by atoms with Gasteiger partial charge in [-0.25, -0.2) is 25.3 Å². The highest BCUT2D eigenvalue weighted by Gasteiger charge is 2.25. The van der Waals surface area contributed by atoms with E-state index in [0.717, 1.165) is 36.8 Å². The van der Waals surface area contributed by atoms with Crippen molar-refractivity contribution >= 4 is 57.2 Å². The van der Waals surface area contributed by atoms with E-state index in [0.29, 0.717) is 5.69 Å². The number of sulfone groups is 2. The van der Waals surface area contributed by atoms with Crippen LogP contribution in [0.15, 0.2) is 80.0 Å². The summed E-state index contributed by atoms with van der Waals surface area (Å²) >= 11 is 3.13. The number of rotatable bonds is 8. The van der Waals surface area contributed by atoms with Gasteiger partial charge in [0.15, 0.2) is 19.7 Å². The molecule has 35 heavy (non-hydrogen) atoms. The van der Waals surface area contributed by atoms with Crippen molar-refractivity contribution in [2.75, 3.05) is 17.2 Å². The molecule has 0 aliphatic carbocycles. The Labute approximate surface area is 211 Å². The lowest BCUT2D eigenvalue weighted by atomic mass is 10.2. The second-order valence-electron chi connectivity index (χ2n) is 7.46. The first-order valence-electron chi connectivity index (χ1n) is 9.73. The highest BCUT2D eigenvalue weighted by atomic mass is 79.9. The van der Waals surface area contributed by atoms with E-state index in [1.807, 2.05) is 0 Å². The molecular weight excluding hydrogens is 582 g/mol. The molecule has 14 heteroatoms. The van der Waals surface area contributed by atoms with Crippen LogP contribution < -0.4 is 10.0 Å². The molecule has 0 saturated carbocycles. The zero-order chi connectivity index (χ0) is 26.0. The SMILES string of the molecule is CS(=O)(=O)c1ccc(S(C)(=O)=O)c(NS(=O)(=O)c2cc(C(=O)NCc3ccccn3)ccc2Br)c1. The zero-order valence-corrected chi connectivity index (χ0v) is 22.4. The lowest BCUT2D eigenvalue weighted by molar-refractivity contribution is 0.0950. The number of carbonyl (C=O) groups excluding carboxylic acids is 1. The van der Waals surface area contributed by atoms with Crippen molar-refractivity contribution in [2.45, 2.75) is 21.2 Å². The minimum Gasteiger partial charge on any atom is -0.346 e. The topological polar surface area (TPSA) is 156 Å². The van der Waals surface area contributed by atoms with E-state index in [2.05, 4.69) is 31.0 Å². The molecule has 1 aromatic heterocycles. The molecule has 0 saturated heterocycles. The standard InChI is InChI=1S/C21H20BrN3O7S3/c1-33(27,28)16-7-9-19(34(2,29)30)18(12-16)25-35(31,32)20-11-14(6-8-17(20)22)21(26)24-13-15-5-3-4-10-23-15/h3-12,25H,13H2,1-2H3,(H,24,26). The number of aromatic nitrogens is 1. The highest BCUT2D eigenvalue weighted by Crippen LogP contribution is 2.30. The fraction of sp³-hybridized carbons (Fsp3) is 0.143. The molecule has 0 fully saturated rings. The van der Waals surface area contributed by atoms with Gasteiger partial charge in [0.05, 0.1) is 27.7 Å². The summed E-state index contributed by atoms with van der Waals surface area (Å²) in [5.41, 5.74) is 0.191. The Balaban J connectivity index is 1.98. The molecule has 0 aliphatic heterocycles. The first-order chi connectivity index (χ1) is 16.2. The van der Waals surface area contributed by atoms with Crippen LogP contribution in [-0.2, 0) is 36.2 Å². The van der Waals surface area contributed by atoms with Gasteiger partial charge in [0.25, 0.3) is 15.9 Å². The molecule has 0 aliphatic rings. The number of hydrogen-bond donors (Lipinski definition) is 2. The number of nitrogens with one attached hydrogen (secondary N) is 2. The molecule has 3 rings (SSSR count). The summed E-state index contributed by atoms with van der Waals surface area (Å²) in [7, 11) is -12.1. The van der Waals surface area contributed by atoms with Crippen molar-refractivity contribution in [1.29, 1.82) is 0 Å². The number of amides is 1. The van der Waals surface area contributed by atoms with Crippen LogP contribution in [0.25, 0.3) is 0 Å². The summed E-state index contributed by atoms with van der Waals surface area (Å²) in [6.07, 6.45) is 3.34. The summed E-state index contributed by atoms with van der Waals surface area (Å²) < 4.78 is 76.9. The second kappa shape index (κ2) is 10.0. The molecule has 3 aromatic rings. The normalized spacial score (nSPS) is 12.2. The molecule has 1 amide bonds. The van der Waals surface area contributed by atoms with Crippen molar-refractivity contribution in [3.63, 3.8) is 0 Å². The Morgan fingerprint density at radius 2 is 1.60 bits per heavy atom. The van der Waals surface area contributed by atoms with E-state index in [1.165, 1.54) is 12.1 Å². The predicted molar refractivity (Wildman–Crippen MR) is 133 cm³/mol. The number of pyridine rings is 1. The predicted octanol–water partition coefficient (Wildman–Crippen LogP) is 2.38. The van der Waals surface area contributed by atoms with Gasteiger partial charge in [0.1, 0.15) is 4.90 Å². The Hall–Kier alpha value is -2.81. The Morgan fingerprint density at radius 3 is 2.20 bits per heavy atom. The van der Waals surface area contributed by atoms with Gasteiger partial charge >= 0.3 is 0 Å². The Bertz CT molecular complexity index is 1610. The monoisotopic (exact) mass is 601 g/mol. The molecule has 0 bridgehead atoms. The molecule has 2 aromatic carbocycles. The molecule has 0 spiro atoms. The summed E-state index contributed by atoms with van der Waals surface area (Å²) in [5, 5.41) is 2.64. The maximum atomic E-state index is 13.2. The molecule has 186 valence electrons. The molecule has 2 N–H and O–H groups in total. The maximum absolute atomic E-state index is 13.2. The number of anilines is 1. The van der Waals surface area contributed by atoms with Crippen LogP contribution in [0.1, 0.15) is 16.1 Å². The van der Waals surface area contributed by atoms with E-state index < -0.39 is 46.2 Å². The first kappa shape index (κ1) is 26.8. The molecule has 0 radical (unpaired) electrons. The number of hydrogen-bond acceptors (Lipinski definition) is 8. The van der Waals surface area contributed by atoms with Crippen LogP contribution >= 0.6 is 15.9 Å². The third-order valence-electron chi connectivity index (χ3n) is 4.66. The minimum atomic E-state index is -4.46. The van der Waals surface area contributed by atoms with Gasteiger partial charge in [0, 0.05) is 28.7 Å². The van der Waals surface area contributed by atoms with Crippen molar-refractivity contribution in [1.82, 2.24) is 10.3 Å². The van der Waals surface area contributed by atoms with Gasteiger partial charge < -0.3 is 5.32 Å². The number of nitrogens with zero attached hydrogens (tertiary/aromatic N) is 1. The Morgan fingerprint density at radius 1 is 0.886 bits per heavy atom. The number of halogens is 1. The number of sulfonamides is 1. The fourth-order valence-electron chi connectivity index (χ4n) is 2.97. The van der Waals surface area contributed by atoms with Crippen LogP contribution in [-0.4, -0.2) is 48.7 Å². The second-order valence-corrected chi connectivity index (χ2v) is 14.0. The lowest BCUT2D eigenvalue weighted by Crippen LogP contribution is -2.24. The fourth-order valence-corrected chi connectivity index (χ4v) is 6.57. The van der Waals surface area contributed by atoms with Gasteiger partial charge in [0.2, 0.25) is 0 Å². The van der Waals surface area contributed by atoms with E-state index in [4.69, 9.17) is 0 Å². The van der Waals surface area contributed by atoms with Crippen LogP contribution in [0.2, 0.25) is 0 Å². The van der Waals surface area contributed by atoms with Crippen molar-refractivity contribution < 1.29 is 30.0 Å². The van der Waals surface area contributed by atoms with Gasteiger partial charge in [-0.15, -0.1) is 0 Å². The quantitative estimate of drug-likeness (QED) is 0.398. The Kier molecular flexibility index (Phi) is 7.69. The van der Waals surface area contributed by atoms with Gasteiger partial charge in [-0.05, 0) is 64.5 Å². The van der Waals surface area contributed by atoms with Crippen molar-refractivity contribution in [2.24, 2.45) is 0 Å². The molecule has 0 atom stereocenters. The molecule has 10 nitrogen and oxygen atoms in total. The molecule has 1 heterocycles. The lowest BCUT2D eigenvalue weighted by Gasteiger charge is -2.15. The maximum Gasteiger partial charge on any atom is 0.263 e. The van der Waals surface area contributed by atoms with Crippen LogP contribution in [0, 0.1) is 0 Å². The first-order valence-corrected chi connectivity index (χ1v) is 15.8. The van der Waals surface area contributed by atoms with E-state index in [1.54, 1.807) is 24.4 Å². The molecule has 0 unspecified atom stereocenters. The molecular formula is C21H20BrN3O7S3. The summed E-state index contributed by atoms with van der Waals surface area (Å²) in [6.45, 7) is 0.117. The average Bonchev–Trinajstić information content (AvgIpc) is 2.76. The third kappa shape index (κ3) is 6.66. The largest absolute Gasteiger partial charge is 0.346 e.